The molecule has 1 aromatic rings. The van der Waals surface area contributed by atoms with Gasteiger partial charge in [-0.2, -0.15) is 4.31 Å². The number of amides is 1. The van der Waals surface area contributed by atoms with Gasteiger partial charge in [0.1, 0.15) is 4.90 Å². The number of hydrogen-bond donors (Lipinski definition) is 1. The molecule has 1 fully saturated rings. The second-order valence-electron chi connectivity index (χ2n) is 7.95. The number of allylic oxidation sites excluding steroid dienone is 2. The van der Waals surface area contributed by atoms with Crippen molar-refractivity contribution in [2.75, 3.05) is 19.0 Å². The summed E-state index contributed by atoms with van der Waals surface area (Å²) in [4.78, 5) is 24.5. The van der Waals surface area contributed by atoms with Crippen LogP contribution in [-0.2, 0) is 24.3 Å². The van der Waals surface area contributed by atoms with E-state index in [4.69, 9.17) is 4.74 Å². The van der Waals surface area contributed by atoms with Crippen LogP contribution < -0.4 is 5.32 Å². The summed E-state index contributed by atoms with van der Waals surface area (Å²) in [6, 6.07) is 6.31. The Hall–Kier alpha value is -2.19. The highest BCUT2D eigenvalue weighted by atomic mass is 32.2. The summed E-state index contributed by atoms with van der Waals surface area (Å²) in [6.07, 6.45) is 11.0. The molecule has 0 radical (unpaired) electrons. The molecule has 2 aliphatic carbocycles. The Labute approximate surface area is 178 Å². The third-order valence-electron chi connectivity index (χ3n) is 5.86. The molecule has 1 saturated carbocycles. The zero-order chi connectivity index (χ0) is 21.6. The van der Waals surface area contributed by atoms with E-state index in [9.17, 15) is 18.0 Å². The van der Waals surface area contributed by atoms with Crippen LogP contribution in [0.15, 0.2) is 41.3 Å². The fraction of sp³-hybridized carbons (Fsp3) is 0.545. The van der Waals surface area contributed by atoms with Crippen molar-refractivity contribution < 1.29 is 22.7 Å². The van der Waals surface area contributed by atoms with Gasteiger partial charge >= 0.3 is 5.97 Å². The Morgan fingerprint density at radius 3 is 2.53 bits per heavy atom. The predicted octanol–water partition coefficient (Wildman–Crippen LogP) is 3.48. The first-order valence-corrected chi connectivity index (χ1v) is 12.0. The number of anilines is 1. The van der Waals surface area contributed by atoms with Crippen molar-refractivity contribution in [1.29, 1.82) is 0 Å². The van der Waals surface area contributed by atoms with E-state index in [1.165, 1.54) is 10.4 Å². The Morgan fingerprint density at radius 2 is 1.83 bits per heavy atom. The minimum Gasteiger partial charge on any atom is -0.455 e. The van der Waals surface area contributed by atoms with E-state index in [0.717, 1.165) is 38.5 Å². The largest absolute Gasteiger partial charge is 0.455 e. The molecule has 0 bridgehead atoms. The summed E-state index contributed by atoms with van der Waals surface area (Å²) in [5.41, 5.74) is 0.196. The second-order valence-corrected chi connectivity index (χ2v) is 9.91. The zero-order valence-electron chi connectivity index (χ0n) is 17.4. The SMILES string of the molecule is CN(C1CCCCC1)S(=O)(=O)c1ccccc1NC(=O)COC(=O)C1CC=CCC1. The number of esters is 1. The van der Waals surface area contributed by atoms with Crippen molar-refractivity contribution >= 4 is 27.6 Å². The van der Waals surface area contributed by atoms with Gasteiger partial charge in [0.05, 0.1) is 11.6 Å². The minimum atomic E-state index is -3.76. The first-order valence-electron chi connectivity index (χ1n) is 10.6. The number of sulfonamides is 1. The van der Waals surface area contributed by atoms with Gasteiger partial charge < -0.3 is 10.1 Å². The molecule has 1 amide bonds. The highest BCUT2D eigenvalue weighted by Crippen LogP contribution is 2.29. The van der Waals surface area contributed by atoms with Crippen molar-refractivity contribution in [3.63, 3.8) is 0 Å². The fourth-order valence-corrected chi connectivity index (χ4v) is 5.60. The molecule has 0 aromatic heterocycles. The number of nitrogens with one attached hydrogen (secondary N) is 1. The van der Waals surface area contributed by atoms with Gasteiger partial charge in [0.2, 0.25) is 10.0 Å². The number of hydrogen-bond acceptors (Lipinski definition) is 5. The molecule has 1 N–H and O–H groups in total. The molecule has 0 spiro atoms. The molecular formula is C22H30N2O5S. The minimum absolute atomic E-state index is 0.0296. The number of para-hydroxylation sites is 1. The van der Waals surface area contributed by atoms with Crippen LogP contribution in [-0.4, -0.2) is 44.3 Å². The van der Waals surface area contributed by atoms with Crippen LogP contribution in [0.4, 0.5) is 5.69 Å². The van der Waals surface area contributed by atoms with E-state index in [0.29, 0.717) is 12.8 Å². The Morgan fingerprint density at radius 1 is 1.10 bits per heavy atom. The van der Waals surface area contributed by atoms with Crippen molar-refractivity contribution in [1.82, 2.24) is 4.31 Å². The van der Waals surface area contributed by atoms with Gasteiger partial charge in [0.15, 0.2) is 6.61 Å². The van der Waals surface area contributed by atoms with Gasteiger partial charge in [-0.3, -0.25) is 9.59 Å². The van der Waals surface area contributed by atoms with Crippen LogP contribution in [0.25, 0.3) is 0 Å². The van der Waals surface area contributed by atoms with Gasteiger partial charge in [0.25, 0.3) is 5.91 Å². The lowest BCUT2D eigenvalue weighted by atomic mass is 9.95. The van der Waals surface area contributed by atoms with Crippen LogP contribution in [0.5, 0.6) is 0 Å². The number of nitrogens with zero attached hydrogens (tertiary/aromatic N) is 1. The lowest BCUT2D eigenvalue weighted by molar-refractivity contribution is -0.151. The summed E-state index contributed by atoms with van der Waals surface area (Å²) in [5.74, 6) is -1.18. The first kappa shape index (κ1) is 22.5. The maximum atomic E-state index is 13.2. The van der Waals surface area contributed by atoms with Crippen LogP contribution in [0.1, 0.15) is 51.4 Å². The van der Waals surface area contributed by atoms with E-state index >= 15 is 0 Å². The Kier molecular flexibility index (Phi) is 7.66. The van der Waals surface area contributed by atoms with Crippen molar-refractivity contribution in [2.45, 2.75) is 62.3 Å². The molecule has 1 aromatic carbocycles. The van der Waals surface area contributed by atoms with Crippen molar-refractivity contribution in [3.8, 4) is 0 Å². The topological polar surface area (TPSA) is 92.8 Å². The summed E-state index contributed by atoms with van der Waals surface area (Å²) >= 11 is 0. The van der Waals surface area contributed by atoms with Gasteiger partial charge in [0, 0.05) is 13.1 Å². The maximum absolute atomic E-state index is 13.2. The van der Waals surface area contributed by atoms with Gasteiger partial charge in [-0.05, 0) is 44.2 Å². The molecule has 8 heteroatoms. The number of carbonyl (C=O) groups excluding carboxylic acids is 2. The average Bonchev–Trinajstić information content (AvgIpc) is 2.78. The third kappa shape index (κ3) is 5.49. The van der Waals surface area contributed by atoms with Crippen molar-refractivity contribution in [2.24, 2.45) is 5.92 Å². The van der Waals surface area contributed by atoms with Gasteiger partial charge in [-0.15, -0.1) is 0 Å². The molecule has 7 nitrogen and oxygen atoms in total. The molecule has 1 unspecified atom stereocenters. The summed E-state index contributed by atoms with van der Waals surface area (Å²) in [6.45, 7) is -0.439. The molecule has 30 heavy (non-hydrogen) atoms. The van der Waals surface area contributed by atoms with E-state index in [-0.39, 0.29) is 22.5 Å². The molecule has 0 aliphatic heterocycles. The summed E-state index contributed by atoms with van der Waals surface area (Å²) < 4.78 is 32.9. The quantitative estimate of drug-likeness (QED) is 0.524. The number of benzene rings is 1. The summed E-state index contributed by atoms with van der Waals surface area (Å²) in [7, 11) is -2.16. The first-order chi connectivity index (χ1) is 14.4. The predicted molar refractivity (Wildman–Crippen MR) is 114 cm³/mol. The van der Waals surface area contributed by atoms with E-state index in [2.05, 4.69) is 5.32 Å². The van der Waals surface area contributed by atoms with E-state index in [1.54, 1.807) is 25.2 Å². The monoisotopic (exact) mass is 434 g/mol. The smallest absolute Gasteiger partial charge is 0.309 e. The molecule has 164 valence electrons. The van der Waals surface area contributed by atoms with Gasteiger partial charge in [-0.25, -0.2) is 8.42 Å². The van der Waals surface area contributed by atoms with E-state index < -0.39 is 28.5 Å². The molecule has 0 heterocycles. The normalized spacial score (nSPS) is 20.1. The lowest BCUT2D eigenvalue weighted by Gasteiger charge is -2.30. The molecular weight excluding hydrogens is 404 g/mol. The Balaban J connectivity index is 1.64. The lowest BCUT2D eigenvalue weighted by Crippen LogP contribution is -2.38. The van der Waals surface area contributed by atoms with Crippen LogP contribution >= 0.6 is 0 Å². The highest BCUT2D eigenvalue weighted by Gasteiger charge is 2.31. The zero-order valence-corrected chi connectivity index (χ0v) is 18.2. The number of ether oxygens (including phenoxy) is 1. The van der Waals surface area contributed by atoms with E-state index in [1.807, 2.05) is 12.2 Å². The maximum Gasteiger partial charge on any atom is 0.309 e. The fourth-order valence-electron chi connectivity index (χ4n) is 4.04. The molecule has 0 saturated heterocycles. The van der Waals surface area contributed by atoms with Crippen LogP contribution in [0, 0.1) is 5.92 Å². The molecule has 1 atom stereocenters. The molecule has 2 aliphatic rings. The average molecular weight is 435 g/mol. The third-order valence-corrected chi connectivity index (χ3v) is 7.82. The van der Waals surface area contributed by atoms with Crippen molar-refractivity contribution in [3.05, 3.63) is 36.4 Å². The Bertz CT molecular complexity index is 891. The number of carbonyl (C=O) groups is 2. The van der Waals surface area contributed by atoms with Gasteiger partial charge in [-0.1, -0.05) is 43.5 Å². The second kappa shape index (κ2) is 10.2. The van der Waals surface area contributed by atoms with Crippen LogP contribution in [0.3, 0.4) is 0 Å². The van der Waals surface area contributed by atoms with Crippen LogP contribution in [0.2, 0.25) is 0 Å². The summed E-state index contributed by atoms with van der Waals surface area (Å²) in [5, 5.41) is 2.60. The molecule has 3 rings (SSSR count). The number of rotatable bonds is 7. The standard InChI is InChI=1S/C22H30N2O5S/c1-24(18-12-6-3-7-13-18)30(27,28)20-15-9-8-14-19(20)23-21(25)16-29-22(26)17-10-4-2-5-11-17/h2,4,8-9,14-15,17-18H,3,5-7,10-13,16H2,1H3,(H,23,25). The highest BCUT2D eigenvalue weighted by molar-refractivity contribution is 7.89.